The molecule has 1 fully saturated rings. The van der Waals surface area contributed by atoms with Gasteiger partial charge in [-0.3, -0.25) is 0 Å². The fourth-order valence-corrected chi connectivity index (χ4v) is 5.15. The molecule has 1 saturated carbocycles. The molecule has 0 spiro atoms. The van der Waals surface area contributed by atoms with E-state index in [1.54, 1.807) is 25.4 Å². The molecule has 0 N–H and O–H groups in total. The summed E-state index contributed by atoms with van der Waals surface area (Å²) in [6.07, 6.45) is -0.918. The number of pyridine rings is 2. The number of aryl methyl sites for hydroxylation is 1. The van der Waals surface area contributed by atoms with E-state index < -0.39 is 27.4 Å². The minimum Gasteiger partial charge on any atom is -0.404 e. The third-order valence-electron chi connectivity index (χ3n) is 5.92. The lowest BCUT2D eigenvalue weighted by molar-refractivity contribution is -0.274. The van der Waals surface area contributed by atoms with Gasteiger partial charge in [0.1, 0.15) is 21.9 Å². The van der Waals surface area contributed by atoms with Crippen molar-refractivity contribution in [3.05, 3.63) is 36.2 Å². The molecule has 0 bridgehead atoms. The van der Waals surface area contributed by atoms with E-state index in [0.29, 0.717) is 18.4 Å². The highest BCUT2D eigenvalue weighted by Gasteiger charge is 2.45. The molecular formula is C21H17F3N6O3S. The topological polar surface area (TPSA) is 115 Å². The molecule has 1 aliphatic rings. The Balaban J connectivity index is 1.73. The molecule has 4 heterocycles. The Morgan fingerprint density at radius 2 is 2.03 bits per heavy atom. The lowest BCUT2D eigenvalue weighted by Gasteiger charge is -2.07. The molecule has 1 aliphatic carbocycles. The number of imidazole rings is 1. The van der Waals surface area contributed by atoms with E-state index in [2.05, 4.69) is 25.9 Å². The van der Waals surface area contributed by atoms with Gasteiger partial charge >= 0.3 is 6.36 Å². The largest absolute Gasteiger partial charge is 0.573 e. The molecule has 34 heavy (non-hydrogen) atoms. The fraction of sp³-hybridized carbons (Fsp3) is 0.333. The van der Waals surface area contributed by atoms with Crippen molar-refractivity contribution in [2.24, 2.45) is 7.05 Å². The molecule has 0 amide bonds. The first-order valence-electron chi connectivity index (χ1n) is 10.2. The maximum Gasteiger partial charge on any atom is 0.573 e. The van der Waals surface area contributed by atoms with Crippen molar-refractivity contribution >= 4 is 26.5 Å². The monoisotopic (exact) mass is 490 g/mol. The normalized spacial score (nSPS) is 15.5. The van der Waals surface area contributed by atoms with Crippen molar-refractivity contribution in [1.29, 1.82) is 5.26 Å². The minimum absolute atomic E-state index is 0.0413. The van der Waals surface area contributed by atoms with Crippen LogP contribution in [0.25, 0.3) is 28.2 Å². The number of halogens is 3. The third-order valence-corrected chi connectivity index (χ3v) is 7.71. The minimum atomic E-state index is -4.89. The summed E-state index contributed by atoms with van der Waals surface area (Å²) < 4.78 is 70.7. The highest BCUT2D eigenvalue weighted by Crippen LogP contribution is 2.47. The Kier molecular flexibility index (Phi) is 4.67. The molecule has 13 heteroatoms. The number of alkyl halides is 3. The first kappa shape index (κ1) is 22.1. The van der Waals surface area contributed by atoms with Gasteiger partial charge in [0.25, 0.3) is 0 Å². The van der Waals surface area contributed by atoms with E-state index in [0.717, 1.165) is 17.8 Å². The molecular weight excluding hydrogens is 473 g/mol. The van der Waals surface area contributed by atoms with Crippen molar-refractivity contribution in [1.82, 2.24) is 24.1 Å². The van der Waals surface area contributed by atoms with Crippen molar-refractivity contribution in [3.8, 4) is 23.3 Å². The Hall–Kier alpha value is -3.66. The molecule has 0 atom stereocenters. The van der Waals surface area contributed by atoms with Gasteiger partial charge in [-0.1, -0.05) is 13.0 Å². The molecule has 4 aromatic heterocycles. The highest BCUT2D eigenvalue weighted by molar-refractivity contribution is 7.91. The number of rotatable bonds is 5. The lowest BCUT2D eigenvalue weighted by Crippen LogP contribution is -2.17. The van der Waals surface area contributed by atoms with E-state index in [-0.39, 0.29) is 33.3 Å². The highest BCUT2D eigenvalue weighted by atomic mass is 32.2. The fourth-order valence-electron chi connectivity index (χ4n) is 3.96. The molecule has 176 valence electrons. The first-order valence-corrected chi connectivity index (χ1v) is 11.9. The zero-order valence-corrected chi connectivity index (χ0v) is 18.8. The van der Waals surface area contributed by atoms with Crippen LogP contribution in [0, 0.1) is 11.3 Å². The van der Waals surface area contributed by atoms with Crippen molar-refractivity contribution in [2.75, 3.05) is 5.75 Å². The number of hydrogen-bond acceptors (Lipinski definition) is 7. The molecule has 4 aromatic rings. The SMILES string of the molecule is CCS(=O)(=O)c1c(-c2nc3cc(OC(F)(F)F)cnc3n2C)nn2cc(C3(C#N)CC3)ccc12. The van der Waals surface area contributed by atoms with E-state index in [4.69, 9.17) is 0 Å². The summed E-state index contributed by atoms with van der Waals surface area (Å²) in [6, 6.07) is 6.71. The standard InChI is InChI=1S/C21H17F3N6O3S/c1-3-34(31,32)17-15-5-4-12(20(11-25)6-7-20)10-30(15)28-16(17)19-27-14-8-13(33-21(22,23)24)9-26-18(14)29(19)2/h4-5,8-10H,3,6-7H2,1-2H3. The van der Waals surface area contributed by atoms with Crippen LogP contribution in [0.4, 0.5) is 13.2 Å². The van der Waals surface area contributed by atoms with Crippen LogP contribution in [-0.2, 0) is 22.3 Å². The summed E-state index contributed by atoms with van der Waals surface area (Å²) >= 11 is 0. The van der Waals surface area contributed by atoms with E-state index >= 15 is 0 Å². The van der Waals surface area contributed by atoms with Crippen LogP contribution in [-0.4, -0.2) is 44.7 Å². The second kappa shape index (κ2) is 7.17. The number of ether oxygens (including phenoxy) is 1. The number of sulfone groups is 1. The second-order valence-electron chi connectivity index (χ2n) is 8.08. The van der Waals surface area contributed by atoms with Crippen LogP contribution >= 0.6 is 0 Å². The number of hydrogen-bond donors (Lipinski definition) is 0. The molecule has 9 nitrogen and oxygen atoms in total. The van der Waals surface area contributed by atoms with Crippen LogP contribution in [0.15, 0.2) is 35.5 Å². The van der Waals surface area contributed by atoms with Crippen LogP contribution in [0.3, 0.4) is 0 Å². The van der Waals surface area contributed by atoms with Gasteiger partial charge in [-0.2, -0.15) is 10.4 Å². The molecule has 5 rings (SSSR count). The van der Waals surface area contributed by atoms with Gasteiger partial charge < -0.3 is 9.30 Å². The quantitative estimate of drug-likeness (QED) is 0.420. The number of fused-ring (bicyclic) bond motifs is 2. The Morgan fingerprint density at radius 1 is 1.29 bits per heavy atom. The number of nitrogens with zero attached hydrogens (tertiary/aromatic N) is 6. The Morgan fingerprint density at radius 3 is 2.65 bits per heavy atom. The predicted molar refractivity (Wildman–Crippen MR) is 114 cm³/mol. The van der Waals surface area contributed by atoms with Gasteiger partial charge in [0, 0.05) is 19.3 Å². The van der Waals surface area contributed by atoms with Gasteiger partial charge in [-0.25, -0.2) is 22.9 Å². The smallest absolute Gasteiger partial charge is 0.404 e. The maximum atomic E-state index is 13.1. The van der Waals surface area contributed by atoms with Gasteiger partial charge in [-0.15, -0.1) is 13.2 Å². The third kappa shape index (κ3) is 3.45. The van der Waals surface area contributed by atoms with Crippen molar-refractivity contribution in [2.45, 2.75) is 36.4 Å². The van der Waals surface area contributed by atoms with Crippen LogP contribution in [0.5, 0.6) is 5.75 Å². The number of aromatic nitrogens is 5. The molecule has 0 radical (unpaired) electrons. The van der Waals surface area contributed by atoms with Crippen molar-refractivity contribution in [3.63, 3.8) is 0 Å². The summed E-state index contributed by atoms with van der Waals surface area (Å²) in [5.41, 5.74) is 0.801. The number of nitriles is 1. The summed E-state index contributed by atoms with van der Waals surface area (Å²) in [7, 11) is -2.22. The Labute approximate surface area is 191 Å². The van der Waals surface area contributed by atoms with E-state index in [1.807, 2.05) is 0 Å². The zero-order chi connectivity index (χ0) is 24.5. The average molecular weight is 490 g/mol. The molecule has 0 saturated heterocycles. The van der Waals surface area contributed by atoms with E-state index in [1.165, 1.54) is 16.0 Å². The van der Waals surface area contributed by atoms with Crippen LogP contribution in [0.1, 0.15) is 25.3 Å². The first-order chi connectivity index (χ1) is 16.0. The summed E-state index contributed by atoms with van der Waals surface area (Å²) in [4.78, 5) is 8.29. The van der Waals surface area contributed by atoms with Gasteiger partial charge in [-0.05, 0) is 24.5 Å². The molecule has 0 aliphatic heterocycles. The van der Waals surface area contributed by atoms with Crippen LogP contribution < -0.4 is 4.74 Å². The predicted octanol–water partition coefficient (Wildman–Crippen LogP) is 3.53. The van der Waals surface area contributed by atoms with Gasteiger partial charge in [0.05, 0.1) is 29.0 Å². The molecule has 0 unspecified atom stereocenters. The van der Waals surface area contributed by atoms with Crippen LogP contribution in [0.2, 0.25) is 0 Å². The summed E-state index contributed by atoms with van der Waals surface area (Å²) in [6.45, 7) is 1.50. The summed E-state index contributed by atoms with van der Waals surface area (Å²) in [5.74, 6) is -0.626. The van der Waals surface area contributed by atoms with Crippen molar-refractivity contribution < 1.29 is 26.3 Å². The maximum absolute atomic E-state index is 13.1. The average Bonchev–Trinajstić information content (AvgIpc) is 3.38. The Bertz CT molecular complexity index is 1610. The lowest BCUT2D eigenvalue weighted by atomic mass is 10.00. The second-order valence-corrected chi connectivity index (χ2v) is 10.3. The summed E-state index contributed by atoms with van der Waals surface area (Å²) in [5, 5.41) is 14.0. The molecule has 0 aromatic carbocycles. The zero-order valence-electron chi connectivity index (χ0n) is 18.0. The van der Waals surface area contributed by atoms with E-state index in [9.17, 15) is 26.9 Å². The van der Waals surface area contributed by atoms with Gasteiger partial charge in [0.2, 0.25) is 0 Å². The van der Waals surface area contributed by atoms with Gasteiger partial charge in [0.15, 0.2) is 21.3 Å².